The summed E-state index contributed by atoms with van der Waals surface area (Å²) in [5, 5.41) is 12.3. The number of hydrogen-bond donors (Lipinski definition) is 2. The third kappa shape index (κ3) is 2.97. The Morgan fingerprint density at radius 3 is 2.89 bits per heavy atom. The van der Waals surface area contributed by atoms with E-state index in [1.165, 1.54) is 6.07 Å². The van der Waals surface area contributed by atoms with Crippen LogP contribution < -0.4 is 5.32 Å². The molecular weight excluding hydrogens is 233 g/mol. The smallest absolute Gasteiger partial charge is 0.128 e. The molecule has 1 aromatic heterocycles. The lowest BCUT2D eigenvalue weighted by molar-refractivity contribution is 0.275. The molecule has 1 unspecified atom stereocenters. The maximum Gasteiger partial charge on any atom is 0.128 e. The van der Waals surface area contributed by atoms with E-state index < -0.39 is 0 Å². The van der Waals surface area contributed by atoms with E-state index in [-0.39, 0.29) is 18.5 Å². The van der Waals surface area contributed by atoms with Crippen LogP contribution in [0.5, 0.6) is 0 Å². The Labute approximate surface area is 105 Å². The summed E-state index contributed by atoms with van der Waals surface area (Å²) in [7, 11) is 0. The van der Waals surface area contributed by atoms with E-state index in [0.29, 0.717) is 12.1 Å². The molecule has 3 nitrogen and oxygen atoms in total. The fourth-order valence-electron chi connectivity index (χ4n) is 1.77. The van der Waals surface area contributed by atoms with Crippen LogP contribution in [0.2, 0.25) is 0 Å². The minimum atomic E-state index is -0.375. The molecule has 1 heterocycles. The zero-order valence-corrected chi connectivity index (χ0v) is 10.2. The second-order valence-corrected chi connectivity index (χ2v) is 4.20. The summed E-state index contributed by atoms with van der Waals surface area (Å²) in [5.74, 6) is 0.486. The van der Waals surface area contributed by atoms with Gasteiger partial charge in [-0.15, -0.1) is 0 Å². The molecule has 96 valence electrons. The molecule has 0 aliphatic rings. The average Bonchev–Trinajstić information content (AvgIpc) is 2.91. The van der Waals surface area contributed by atoms with Crippen LogP contribution in [0.1, 0.15) is 29.9 Å². The zero-order chi connectivity index (χ0) is 13.0. The first-order valence-electron chi connectivity index (χ1n) is 5.85. The van der Waals surface area contributed by atoms with E-state index >= 15 is 0 Å². The highest BCUT2D eigenvalue weighted by Gasteiger charge is 2.08. The summed E-state index contributed by atoms with van der Waals surface area (Å²) in [4.78, 5) is 0. The van der Waals surface area contributed by atoms with E-state index in [0.717, 1.165) is 11.3 Å². The molecule has 4 heteroatoms. The first-order valence-corrected chi connectivity index (χ1v) is 5.85. The first-order chi connectivity index (χ1) is 8.70. The van der Waals surface area contributed by atoms with Gasteiger partial charge in [-0.25, -0.2) is 4.39 Å². The Morgan fingerprint density at radius 1 is 1.39 bits per heavy atom. The summed E-state index contributed by atoms with van der Waals surface area (Å²) >= 11 is 0. The quantitative estimate of drug-likeness (QED) is 0.856. The van der Waals surface area contributed by atoms with Gasteiger partial charge >= 0.3 is 0 Å². The van der Waals surface area contributed by atoms with Crippen LogP contribution in [0.4, 0.5) is 4.39 Å². The summed E-state index contributed by atoms with van der Waals surface area (Å²) in [6.07, 6.45) is 1.63. The molecule has 0 aliphatic carbocycles. The van der Waals surface area contributed by atoms with Crippen molar-refractivity contribution in [1.29, 1.82) is 0 Å². The molecule has 2 aromatic rings. The van der Waals surface area contributed by atoms with Crippen molar-refractivity contribution in [1.82, 2.24) is 5.32 Å². The van der Waals surface area contributed by atoms with Gasteiger partial charge in [0.15, 0.2) is 0 Å². The topological polar surface area (TPSA) is 45.4 Å². The molecule has 0 aliphatic heterocycles. The van der Waals surface area contributed by atoms with Crippen molar-refractivity contribution in [2.45, 2.75) is 26.1 Å². The fraction of sp³-hybridized carbons (Fsp3) is 0.286. The summed E-state index contributed by atoms with van der Waals surface area (Å²) in [6, 6.07) is 8.58. The van der Waals surface area contributed by atoms with Crippen molar-refractivity contribution in [2.24, 2.45) is 0 Å². The molecule has 1 aromatic carbocycles. The van der Waals surface area contributed by atoms with E-state index in [9.17, 15) is 4.39 Å². The maximum atomic E-state index is 13.2. The monoisotopic (exact) mass is 249 g/mol. The highest BCUT2D eigenvalue weighted by Crippen LogP contribution is 2.15. The SMILES string of the molecule is CC(NCc1ccc(F)c(CO)c1)c1ccco1. The van der Waals surface area contributed by atoms with Gasteiger partial charge in [0.2, 0.25) is 0 Å². The number of furan rings is 1. The van der Waals surface area contributed by atoms with Crippen LogP contribution in [0, 0.1) is 5.82 Å². The molecule has 0 saturated heterocycles. The van der Waals surface area contributed by atoms with Crippen molar-refractivity contribution >= 4 is 0 Å². The van der Waals surface area contributed by atoms with Crippen molar-refractivity contribution in [2.75, 3.05) is 0 Å². The zero-order valence-electron chi connectivity index (χ0n) is 10.2. The number of halogens is 1. The summed E-state index contributed by atoms with van der Waals surface area (Å²) in [5.41, 5.74) is 1.25. The Hall–Kier alpha value is -1.65. The van der Waals surface area contributed by atoms with E-state index in [2.05, 4.69) is 5.32 Å². The normalized spacial score (nSPS) is 12.6. The Balaban J connectivity index is 1.98. The lowest BCUT2D eigenvalue weighted by Crippen LogP contribution is -2.17. The molecule has 0 bridgehead atoms. The number of benzene rings is 1. The molecule has 0 spiro atoms. The van der Waals surface area contributed by atoms with Crippen LogP contribution in [0.15, 0.2) is 41.0 Å². The van der Waals surface area contributed by atoms with Crippen molar-refractivity contribution in [3.05, 3.63) is 59.3 Å². The van der Waals surface area contributed by atoms with Gasteiger partial charge in [0.05, 0.1) is 18.9 Å². The minimum Gasteiger partial charge on any atom is -0.468 e. The Bertz CT molecular complexity index is 497. The summed E-state index contributed by atoms with van der Waals surface area (Å²) < 4.78 is 18.5. The second-order valence-electron chi connectivity index (χ2n) is 4.20. The van der Waals surface area contributed by atoms with Crippen LogP contribution in [0.25, 0.3) is 0 Å². The average molecular weight is 249 g/mol. The minimum absolute atomic E-state index is 0.0858. The van der Waals surface area contributed by atoms with Gasteiger partial charge in [-0.1, -0.05) is 6.07 Å². The standard InChI is InChI=1S/C14H16FNO2/c1-10(14-3-2-6-18-14)16-8-11-4-5-13(15)12(7-11)9-17/h2-7,10,16-17H,8-9H2,1H3. The molecule has 0 amide bonds. The number of hydrogen-bond acceptors (Lipinski definition) is 3. The molecule has 1 atom stereocenters. The van der Waals surface area contributed by atoms with Crippen LogP contribution >= 0.6 is 0 Å². The van der Waals surface area contributed by atoms with Crippen LogP contribution in [-0.2, 0) is 13.2 Å². The third-order valence-electron chi connectivity index (χ3n) is 2.86. The Morgan fingerprint density at radius 2 is 2.22 bits per heavy atom. The third-order valence-corrected chi connectivity index (χ3v) is 2.86. The lowest BCUT2D eigenvalue weighted by atomic mass is 10.1. The van der Waals surface area contributed by atoms with E-state index in [1.807, 2.05) is 19.1 Å². The molecule has 0 fully saturated rings. The van der Waals surface area contributed by atoms with Crippen LogP contribution in [0.3, 0.4) is 0 Å². The largest absolute Gasteiger partial charge is 0.468 e. The molecule has 0 saturated carbocycles. The Kier molecular flexibility index (Phi) is 4.12. The van der Waals surface area contributed by atoms with E-state index in [4.69, 9.17) is 9.52 Å². The molecular formula is C14H16FNO2. The second kappa shape index (κ2) is 5.80. The van der Waals surface area contributed by atoms with E-state index in [1.54, 1.807) is 18.4 Å². The van der Waals surface area contributed by atoms with Gasteiger partial charge in [0, 0.05) is 12.1 Å². The number of rotatable bonds is 5. The van der Waals surface area contributed by atoms with Crippen molar-refractivity contribution in [3.8, 4) is 0 Å². The predicted molar refractivity (Wildman–Crippen MR) is 66.3 cm³/mol. The van der Waals surface area contributed by atoms with Gasteiger partial charge in [-0.05, 0) is 36.8 Å². The highest BCUT2D eigenvalue weighted by atomic mass is 19.1. The van der Waals surface area contributed by atoms with Gasteiger partial charge < -0.3 is 14.8 Å². The highest BCUT2D eigenvalue weighted by molar-refractivity contribution is 5.24. The lowest BCUT2D eigenvalue weighted by Gasteiger charge is -2.12. The predicted octanol–water partition coefficient (Wildman–Crippen LogP) is 2.76. The molecule has 2 rings (SSSR count). The van der Waals surface area contributed by atoms with Gasteiger partial charge in [-0.2, -0.15) is 0 Å². The molecule has 18 heavy (non-hydrogen) atoms. The number of aliphatic hydroxyl groups is 1. The van der Waals surface area contributed by atoms with Crippen molar-refractivity contribution < 1.29 is 13.9 Å². The number of nitrogens with one attached hydrogen (secondary N) is 1. The maximum absolute atomic E-state index is 13.2. The van der Waals surface area contributed by atoms with Gasteiger partial charge in [0.25, 0.3) is 0 Å². The molecule has 0 radical (unpaired) electrons. The van der Waals surface area contributed by atoms with Gasteiger partial charge in [-0.3, -0.25) is 0 Å². The number of aliphatic hydroxyl groups excluding tert-OH is 1. The fourth-order valence-corrected chi connectivity index (χ4v) is 1.77. The first kappa shape index (κ1) is 12.8. The van der Waals surface area contributed by atoms with Gasteiger partial charge in [0.1, 0.15) is 11.6 Å². The summed E-state index contributed by atoms with van der Waals surface area (Å²) in [6.45, 7) is 2.30. The molecule has 2 N–H and O–H groups in total. The van der Waals surface area contributed by atoms with Crippen molar-refractivity contribution in [3.63, 3.8) is 0 Å². The van der Waals surface area contributed by atoms with Crippen LogP contribution in [-0.4, -0.2) is 5.11 Å².